The van der Waals surface area contributed by atoms with E-state index in [1.807, 2.05) is 0 Å². The molecule has 0 N–H and O–H groups in total. The van der Waals surface area contributed by atoms with Crippen LogP contribution in [0.1, 0.15) is 36.3 Å². The Morgan fingerprint density at radius 3 is 3.00 bits per heavy atom. The second-order valence-corrected chi connectivity index (χ2v) is 4.13. The lowest BCUT2D eigenvalue weighted by Crippen LogP contribution is -1.95. The van der Waals surface area contributed by atoms with Crippen molar-refractivity contribution in [2.45, 2.75) is 31.0 Å². The van der Waals surface area contributed by atoms with Gasteiger partial charge in [0, 0.05) is 20.1 Å². The third kappa shape index (κ3) is 3.38. The molecule has 4 nitrogen and oxygen atoms in total. The molecule has 1 aromatic heterocycles. The SMILES string of the molecule is CCC(Br)c1nc(CCCOC)no1. The van der Waals surface area contributed by atoms with E-state index in [-0.39, 0.29) is 4.83 Å². The van der Waals surface area contributed by atoms with Gasteiger partial charge in [-0.05, 0) is 12.8 Å². The summed E-state index contributed by atoms with van der Waals surface area (Å²) in [6.45, 7) is 2.80. The number of nitrogens with zero attached hydrogens (tertiary/aromatic N) is 2. The number of rotatable bonds is 6. The minimum atomic E-state index is 0.172. The monoisotopic (exact) mass is 262 g/mol. The first-order valence-electron chi connectivity index (χ1n) is 4.73. The van der Waals surface area contributed by atoms with Crippen molar-refractivity contribution in [3.05, 3.63) is 11.7 Å². The summed E-state index contributed by atoms with van der Waals surface area (Å²) in [5, 5.41) is 3.89. The molecule has 14 heavy (non-hydrogen) atoms. The molecule has 0 saturated heterocycles. The molecule has 0 aliphatic carbocycles. The third-order valence-electron chi connectivity index (χ3n) is 1.86. The molecule has 1 unspecified atom stereocenters. The molecular weight excluding hydrogens is 248 g/mol. The van der Waals surface area contributed by atoms with E-state index in [2.05, 4.69) is 33.0 Å². The molecule has 0 fully saturated rings. The van der Waals surface area contributed by atoms with E-state index in [0.717, 1.165) is 31.7 Å². The zero-order chi connectivity index (χ0) is 10.4. The van der Waals surface area contributed by atoms with E-state index in [1.165, 1.54) is 0 Å². The number of aryl methyl sites for hydroxylation is 1. The zero-order valence-corrected chi connectivity index (χ0v) is 10.1. The molecule has 0 aliphatic rings. The molecule has 0 radical (unpaired) electrons. The average molecular weight is 263 g/mol. The largest absolute Gasteiger partial charge is 0.385 e. The van der Waals surface area contributed by atoms with Gasteiger partial charge in [0.25, 0.3) is 0 Å². The van der Waals surface area contributed by atoms with E-state index >= 15 is 0 Å². The molecule has 0 saturated carbocycles. The van der Waals surface area contributed by atoms with Crippen molar-refractivity contribution in [3.63, 3.8) is 0 Å². The second-order valence-electron chi connectivity index (χ2n) is 3.02. The van der Waals surface area contributed by atoms with Gasteiger partial charge in [-0.25, -0.2) is 0 Å². The van der Waals surface area contributed by atoms with Crippen LogP contribution in [-0.4, -0.2) is 23.9 Å². The van der Waals surface area contributed by atoms with E-state index in [4.69, 9.17) is 9.26 Å². The van der Waals surface area contributed by atoms with E-state index < -0.39 is 0 Å². The van der Waals surface area contributed by atoms with Crippen LogP contribution in [0.4, 0.5) is 0 Å². The molecule has 1 heterocycles. The minimum absolute atomic E-state index is 0.172. The summed E-state index contributed by atoms with van der Waals surface area (Å²) in [5.74, 6) is 1.43. The van der Waals surface area contributed by atoms with Gasteiger partial charge in [-0.3, -0.25) is 0 Å². The topological polar surface area (TPSA) is 48.2 Å². The number of hydrogen-bond donors (Lipinski definition) is 0. The first kappa shape index (κ1) is 11.7. The number of alkyl halides is 1. The van der Waals surface area contributed by atoms with Crippen LogP contribution in [0.15, 0.2) is 4.52 Å². The molecule has 1 atom stereocenters. The summed E-state index contributed by atoms with van der Waals surface area (Å²) in [6.07, 6.45) is 2.68. The number of hydrogen-bond acceptors (Lipinski definition) is 4. The van der Waals surface area contributed by atoms with E-state index in [0.29, 0.717) is 5.89 Å². The smallest absolute Gasteiger partial charge is 0.240 e. The first-order chi connectivity index (χ1) is 6.77. The molecule has 1 rings (SSSR count). The molecule has 5 heteroatoms. The lowest BCUT2D eigenvalue weighted by molar-refractivity contribution is 0.194. The fraction of sp³-hybridized carbons (Fsp3) is 0.778. The summed E-state index contributed by atoms with van der Waals surface area (Å²) in [6, 6.07) is 0. The molecule has 0 bridgehead atoms. The van der Waals surface area contributed by atoms with Crippen molar-refractivity contribution in [1.82, 2.24) is 10.1 Å². The lowest BCUT2D eigenvalue weighted by atomic mass is 10.3. The van der Waals surface area contributed by atoms with Crippen molar-refractivity contribution in [2.24, 2.45) is 0 Å². The van der Waals surface area contributed by atoms with Crippen LogP contribution in [0.2, 0.25) is 0 Å². The van der Waals surface area contributed by atoms with Crippen molar-refractivity contribution in [3.8, 4) is 0 Å². The highest BCUT2D eigenvalue weighted by Gasteiger charge is 2.13. The van der Waals surface area contributed by atoms with Gasteiger partial charge in [0.1, 0.15) is 0 Å². The van der Waals surface area contributed by atoms with Crippen molar-refractivity contribution < 1.29 is 9.26 Å². The van der Waals surface area contributed by atoms with Gasteiger partial charge in [0.05, 0.1) is 4.83 Å². The average Bonchev–Trinajstić information content (AvgIpc) is 2.66. The normalized spacial score (nSPS) is 13.1. The highest BCUT2D eigenvalue weighted by Crippen LogP contribution is 2.23. The second kappa shape index (κ2) is 6.14. The number of halogens is 1. The summed E-state index contributed by atoms with van der Waals surface area (Å²) in [4.78, 5) is 4.44. The summed E-state index contributed by atoms with van der Waals surface area (Å²) in [5.41, 5.74) is 0. The first-order valence-corrected chi connectivity index (χ1v) is 5.65. The third-order valence-corrected chi connectivity index (χ3v) is 2.90. The molecule has 0 spiro atoms. The van der Waals surface area contributed by atoms with Gasteiger partial charge < -0.3 is 9.26 Å². The maximum atomic E-state index is 5.10. The summed E-state index contributed by atoms with van der Waals surface area (Å²) < 4.78 is 10.0. The molecule has 0 amide bonds. The zero-order valence-electron chi connectivity index (χ0n) is 8.49. The van der Waals surface area contributed by atoms with Crippen LogP contribution in [0.3, 0.4) is 0 Å². The number of aromatic nitrogens is 2. The Labute approximate surface area is 92.2 Å². The Kier molecular flexibility index (Phi) is 5.11. The Hall–Kier alpha value is -0.420. The van der Waals surface area contributed by atoms with Crippen molar-refractivity contribution in [2.75, 3.05) is 13.7 Å². The highest BCUT2D eigenvalue weighted by molar-refractivity contribution is 9.09. The maximum absolute atomic E-state index is 5.10. The summed E-state index contributed by atoms with van der Waals surface area (Å²) >= 11 is 3.46. The van der Waals surface area contributed by atoms with Gasteiger partial charge >= 0.3 is 0 Å². The molecule has 80 valence electrons. The van der Waals surface area contributed by atoms with Crippen molar-refractivity contribution >= 4 is 15.9 Å². The number of methoxy groups -OCH3 is 1. The summed E-state index contributed by atoms with van der Waals surface area (Å²) in [7, 11) is 1.69. The quantitative estimate of drug-likeness (QED) is 0.584. The van der Waals surface area contributed by atoms with E-state index in [9.17, 15) is 0 Å². The standard InChI is InChI=1S/C9H15BrN2O2/c1-3-7(10)9-11-8(12-14-9)5-4-6-13-2/h7H,3-6H2,1-2H3. The van der Waals surface area contributed by atoms with Gasteiger partial charge in [0.15, 0.2) is 5.82 Å². The van der Waals surface area contributed by atoms with Crippen molar-refractivity contribution in [1.29, 1.82) is 0 Å². The Bertz CT molecular complexity index is 265. The van der Waals surface area contributed by atoms with E-state index in [1.54, 1.807) is 7.11 Å². The molecule has 0 aromatic carbocycles. The lowest BCUT2D eigenvalue weighted by Gasteiger charge is -1.96. The fourth-order valence-corrected chi connectivity index (χ4v) is 1.23. The predicted octanol–water partition coefficient (Wildman–Crippen LogP) is 2.49. The van der Waals surface area contributed by atoms with Crippen LogP contribution < -0.4 is 0 Å². The minimum Gasteiger partial charge on any atom is -0.385 e. The van der Waals surface area contributed by atoms with Gasteiger partial charge in [-0.2, -0.15) is 4.98 Å². The van der Waals surface area contributed by atoms with Crippen LogP contribution in [0.5, 0.6) is 0 Å². The highest BCUT2D eigenvalue weighted by atomic mass is 79.9. The van der Waals surface area contributed by atoms with Gasteiger partial charge in [0.2, 0.25) is 5.89 Å². The van der Waals surface area contributed by atoms with Crippen LogP contribution in [-0.2, 0) is 11.2 Å². The Morgan fingerprint density at radius 1 is 1.57 bits per heavy atom. The molecule has 0 aliphatic heterocycles. The fourth-order valence-electron chi connectivity index (χ4n) is 1.05. The molecular formula is C9H15BrN2O2. The van der Waals surface area contributed by atoms with Gasteiger partial charge in [-0.15, -0.1) is 0 Å². The van der Waals surface area contributed by atoms with Crippen LogP contribution in [0, 0.1) is 0 Å². The van der Waals surface area contributed by atoms with Crippen LogP contribution >= 0.6 is 15.9 Å². The molecule has 1 aromatic rings. The predicted molar refractivity (Wildman–Crippen MR) is 56.5 cm³/mol. The number of ether oxygens (including phenoxy) is 1. The van der Waals surface area contributed by atoms with Crippen LogP contribution in [0.25, 0.3) is 0 Å². The maximum Gasteiger partial charge on any atom is 0.240 e. The van der Waals surface area contributed by atoms with Gasteiger partial charge in [-0.1, -0.05) is 28.0 Å². The Balaban J connectivity index is 2.42. The Morgan fingerprint density at radius 2 is 2.36 bits per heavy atom.